The van der Waals surface area contributed by atoms with Gasteiger partial charge in [-0.2, -0.15) is 0 Å². The van der Waals surface area contributed by atoms with Gasteiger partial charge in [0.15, 0.2) is 0 Å². The Labute approximate surface area is 168 Å². The molecule has 0 saturated carbocycles. The number of alkyl carbamates (subject to hydrolysis) is 1. The van der Waals surface area contributed by atoms with E-state index in [0.717, 1.165) is 17.7 Å². The van der Waals surface area contributed by atoms with Crippen LogP contribution in [0, 0.1) is 5.82 Å². The summed E-state index contributed by atoms with van der Waals surface area (Å²) in [7, 11) is 0. The third-order valence-corrected chi connectivity index (χ3v) is 4.11. The maximum absolute atomic E-state index is 13.6. The third-order valence-electron chi connectivity index (χ3n) is 4.11. The molecule has 0 fully saturated rings. The van der Waals surface area contributed by atoms with Gasteiger partial charge in [-0.25, -0.2) is 14.0 Å². The molecule has 3 N–H and O–H groups in total. The first-order chi connectivity index (χ1) is 13.9. The van der Waals surface area contributed by atoms with Gasteiger partial charge in [0, 0.05) is 12.1 Å². The van der Waals surface area contributed by atoms with Gasteiger partial charge in [-0.3, -0.25) is 0 Å². The molecule has 1 amide bonds. The van der Waals surface area contributed by atoms with Gasteiger partial charge in [0.1, 0.15) is 18.5 Å². The first-order valence-electron chi connectivity index (χ1n) is 9.19. The number of halogens is 1. The second kappa shape index (κ2) is 11.1. The molecular weight excluding hydrogens is 381 g/mol. The predicted octanol–water partition coefficient (Wildman–Crippen LogP) is 2.71. The van der Waals surface area contributed by atoms with Crippen molar-refractivity contribution < 1.29 is 33.7 Å². The van der Waals surface area contributed by atoms with Gasteiger partial charge in [0.05, 0.1) is 18.3 Å². The maximum atomic E-state index is 13.6. The van der Waals surface area contributed by atoms with Crippen LogP contribution in [-0.2, 0) is 16.1 Å². The quantitative estimate of drug-likeness (QED) is 0.554. The molecule has 7 nitrogen and oxygen atoms in total. The lowest BCUT2D eigenvalue weighted by Gasteiger charge is -2.20. The number of nitrogens with one attached hydrogen (secondary N) is 1. The summed E-state index contributed by atoms with van der Waals surface area (Å²) >= 11 is 0. The van der Waals surface area contributed by atoms with E-state index in [9.17, 15) is 24.2 Å². The Bertz CT molecular complexity index is 814. The highest BCUT2D eigenvalue weighted by Crippen LogP contribution is 2.24. The summed E-state index contributed by atoms with van der Waals surface area (Å²) in [4.78, 5) is 23.7. The van der Waals surface area contributed by atoms with Crippen molar-refractivity contribution in [2.45, 2.75) is 32.2 Å². The van der Waals surface area contributed by atoms with E-state index in [1.807, 2.05) is 30.3 Å². The van der Waals surface area contributed by atoms with Crippen molar-refractivity contribution in [1.82, 2.24) is 5.32 Å². The van der Waals surface area contributed by atoms with Crippen LogP contribution in [0.1, 0.15) is 40.9 Å². The van der Waals surface area contributed by atoms with Crippen LogP contribution < -0.4 is 5.32 Å². The molecule has 0 aliphatic heterocycles. The lowest BCUT2D eigenvalue weighted by molar-refractivity contribution is 0.0121. The molecule has 0 radical (unpaired) electrons. The third kappa shape index (κ3) is 6.85. The zero-order chi connectivity index (χ0) is 21.2. The number of aliphatic hydroxyl groups excluding tert-OH is 2. The summed E-state index contributed by atoms with van der Waals surface area (Å²) in [6.07, 6.45) is -3.60. The summed E-state index contributed by atoms with van der Waals surface area (Å²) in [6.45, 7) is 1.85. The van der Waals surface area contributed by atoms with Crippen molar-refractivity contribution in [3.05, 3.63) is 71.0 Å². The fourth-order valence-electron chi connectivity index (χ4n) is 2.63. The highest BCUT2D eigenvalue weighted by molar-refractivity contribution is 5.91. The molecule has 2 rings (SSSR count). The number of carbonyl (C=O) groups excluding carboxylic acids is 2. The minimum absolute atomic E-state index is 0.00983. The van der Waals surface area contributed by atoms with E-state index >= 15 is 0 Å². The van der Waals surface area contributed by atoms with Crippen molar-refractivity contribution in [2.24, 2.45) is 0 Å². The van der Waals surface area contributed by atoms with Crippen molar-refractivity contribution in [3.8, 4) is 0 Å². The molecule has 2 aromatic carbocycles. The normalized spacial score (nSPS) is 12.7. The summed E-state index contributed by atoms with van der Waals surface area (Å²) in [5.74, 6) is -1.39. The molecule has 0 bridgehead atoms. The van der Waals surface area contributed by atoms with Crippen molar-refractivity contribution in [2.75, 3.05) is 13.2 Å². The van der Waals surface area contributed by atoms with Crippen LogP contribution in [0.3, 0.4) is 0 Å². The number of hydrogen-bond acceptors (Lipinski definition) is 6. The Kier molecular flexibility index (Phi) is 8.57. The van der Waals surface area contributed by atoms with Crippen LogP contribution in [-0.4, -0.2) is 41.5 Å². The van der Waals surface area contributed by atoms with Crippen molar-refractivity contribution >= 4 is 12.1 Å². The fraction of sp³-hybridized carbons (Fsp3) is 0.333. The van der Waals surface area contributed by atoms with Crippen LogP contribution in [0.25, 0.3) is 0 Å². The van der Waals surface area contributed by atoms with Gasteiger partial charge in [0.25, 0.3) is 0 Å². The van der Waals surface area contributed by atoms with Crippen LogP contribution in [0.5, 0.6) is 0 Å². The fourth-order valence-corrected chi connectivity index (χ4v) is 2.63. The van der Waals surface area contributed by atoms with E-state index in [-0.39, 0.29) is 37.3 Å². The van der Waals surface area contributed by atoms with Crippen LogP contribution >= 0.6 is 0 Å². The predicted molar refractivity (Wildman–Crippen MR) is 103 cm³/mol. The number of benzene rings is 2. The lowest BCUT2D eigenvalue weighted by atomic mass is 9.97. The van der Waals surface area contributed by atoms with E-state index in [2.05, 4.69) is 5.32 Å². The molecule has 8 heteroatoms. The minimum atomic E-state index is -1.53. The first kappa shape index (κ1) is 22.3. The second-order valence-corrected chi connectivity index (χ2v) is 6.24. The van der Waals surface area contributed by atoms with E-state index in [1.165, 1.54) is 6.07 Å². The standard InChI is InChI=1S/C21H24FNO6/c1-2-28-20(26)16-9-8-15(22)12-17(16)19(25)18(24)10-11-23-21(27)29-13-14-6-4-3-5-7-14/h3-9,12,18-19,24-25H,2,10-11,13H2,1H3,(H,23,27). The molecule has 156 valence electrons. The molecule has 0 heterocycles. The second-order valence-electron chi connectivity index (χ2n) is 6.24. The van der Waals surface area contributed by atoms with E-state index in [1.54, 1.807) is 6.92 Å². The lowest BCUT2D eigenvalue weighted by Crippen LogP contribution is -2.30. The van der Waals surface area contributed by atoms with E-state index in [0.29, 0.717) is 0 Å². The Hall–Kier alpha value is -2.97. The Morgan fingerprint density at radius 2 is 1.83 bits per heavy atom. The molecule has 2 atom stereocenters. The average molecular weight is 405 g/mol. The van der Waals surface area contributed by atoms with E-state index < -0.39 is 30.1 Å². The Balaban J connectivity index is 1.87. The maximum Gasteiger partial charge on any atom is 0.407 e. The number of rotatable bonds is 9. The van der Waals surface area contributed by atoms with E-state index in [4.69, 9.17) is 9.47 Å². The van der Waals surface area contributed by atoms with Gasteiger partial charge >= 0.3 is 12.1 Å². The van der Waals surface area contributed by atoms with Crippen molar-refractivity contribution in [3.63, 3.8) is 0 Å². The Morgan fingerprint density at radius 1 is 1.10 bits per heavy atom. The van der Waals surface area contributed by atoms with Gasteiger partial charge in [-0.1, -0.05) is 30.3 Å². The smallest absolute Gasteiger partial charge is 0.407 e. The molecular formula is C21H24FNO6. The number of ether oxygens (including phenoxy) is 2. The number of esters is 1. The average Bonchev–Trinajstić information content (AvgIpc) is 2.72. The molecule has 0 spiro atoms. The van der Waals surface area contributed by atoms with Gasteiger partial charge in [-0.05, 0) is 37.1 Å². The summed E-state index contributed by atoms with van der Waals surface area (Å²) < 4.78 is 23.5. The zero-order valence-electron chi connectivity index (χ0n) is 16.0. The van der Waals surface area contributed by atoms with Gasteiger partial charge in [0.2, 0.25) is 0 Å². The van der Waals surface area contributed by atoms with Crippen LogP contribution in [0.15, 0.2) is 48.5 Å². The van der Waals surface area contributed by atoms with Crippen molar-refractivity contribution in [1.29, 1.82) is 0 Å². The van der Waals surface area contributed by atoms with Gasteiger partial charge < -0.3 is 25.0 Å². The molecule has 0 aromatic heterocycles. The monoisotopic (exact) mass is 405 g/mol. The number of hydrogen-bond donors (Lipinski definition) is 3. The molecule has 0 aliphatic carbocycles. The SMILES string of the molecule is CCOC(=O)c1ccc(F)cc1C(O)C(O)CCNC(=O)OCc1ccccc1. The first-order valence-corrected chi connectivity index (χ1v) is 9.19. The molecule has 0 saturated heterocycles. The topological polar surface area (TPSA) is 105 Å². The number of amides is 1. The number of aliphatic hydroxyl groups is 2. The molecule has 2 aromatic rings. The van der Waals surface area contributed by atoms with Gasteiger partial charge in [-0.15, -0.1) is 0 Å². The largest absolute Gasteiger partial charge is 0.462 e. The molecule has 29 heavy (non-hydrogen) atoms. The highest BCUT2D eigenvalue weighted by atomic mass is 19.1. The zero-order valence-corrected chi connectivity index (χ0v) is 16.0. The molecule has 0 aliphatic rings. The Morgan fingerprint density at radius 3 is 2.52 bits per heavy atom. The minimum Gasteiger partial charge on any atom is -0.462 e. The number of carbonyl (C=O) groups is 2. The summed E-state index contributed by atoms with van der Waals surface area (Å²) in [5.41, 5.74) is 0.716. The van der Waals surface area contributed by atoms with Crippen LogP contribution in [0.4, 0.5) is 9.18 Å². The van der Waals surface area contributed by atoms with Crippen LogP contribution in [0.2, 0.25) is 0 Å². The summed E-state index contributed by atoms with van der Waals surface area (Å²) in [5, 5.41) is 23.0. The molecule has 2 unspecified atom stereocenters. The highest BCUT2D eigenvalue weighted by Gasteiger charge is 2.25. The summed E-state index contributed by atoms with van der Waals surface area (Å²) in [6, 6.07) is 12.4.